The van der Waals surface area contributed by atoms with Crippen LogP contribution in [0.1, 0.15) is 22.6 Å². The molecule has 0 aliphatic rings. The molecule has 0 aromatic carbocycles. The Labute approximate surface area is 71.1 Å². The normalized spacial score (nSPS) is 9.58. The SMILES string of the molecule is Cc1oc(CN=C=O)c(C)c1C. The van der Waals surface area contributed by atoms with E-state index in [1.807, 2.05) is 20.8 Å². The van der Waals surface area contributed by atoms with Crippen molar-refractivity contribution in [1.29, 1.82) is 0 Å². The Kier molecular flexibility index (Phi) is 2.46. The molecule has 0 N–H and O–H groups in total. The van der Waals surface area contributed by atoms with Crippen molar-refractivity contribution in [2.75, 3.05) is 0 Å². The number of carbonyl (C=O) groups excluding carboxylic acids is 1. The summed E-state index contributed by atoms with van der Waals surface area (Å²) in [5, 5.41) is 0. The van der Waals surface area contributed by atoms with Crippen molar-refractivity contribution in [2.45, 2.75) is 27.3 Å². The molecule has 12 heavy (non-hydrogen) atoms. The minimum atomic E-state index is 0.296. The molecule has 0 saturated carbocycles. The van der Waals surface area contributed by atoms with E-state index in [0.717, 1.165) is 22.6 Å². The summed E-state index contributed by atoms with van der Waals surface area (Å²) in [6.45, 7) is 6.14. The fourth-order valence-corrected chi connectivity index (χ4v) is 1.07. The zero-order valence-electron chi connectivity index (χ0n) is 7.47. The van der Waals surface area contributed by atoms with Gasteiger partial charge < -0.3 is 4.42 Å². The Balaban J connectivity index is 3.00. The van der Waals surface area contributed by atoms with Gasteiger partial charge in [-0.25, -0.2) is 4.79 Å². The van der Waals surface area contributed by atoms with Crippen LogP contribution in [0.2, 0.25) is 0 Å². The molecule has 0 bridgehead atoms. The van der Waals surface area contributed by atoms with Gasteiger partial charge in [0.2, 0.25) is 6.08 Å². The maximum absolute atomic E-state index is 9.85. The molecule has 1 rings (SSSR count). The van der Waals surface area contributed by atoms with Crippen molar-refractivity contribution in [3.05, 3.63) is 22.6 Å². The van der Waals surface area contributed by atoms with Gasteiger partial charge in [0.05, 0.1) is 0 Å². The number of nitrogens with zero attached hydrogens (tertiary/aromatic N) is 1. The van der Waals surface area contributed by atoms with E-state index >= 15 is 0 Å². The quantitative estimate of drug-likeness (QED) is 0.497. The molecule has 1 aromatic rings. The van der Waals surface area contributed by atoms with E-state index < -0.39 is 0 Å². The Morgan fingerprint density at radius 1 is 1.33 bits per heavy atom. The fraction of sp³-hybridized carbons (Fsp3) is 0.444. The number of aliphatic imine (C=N–C) groups is 1. The van der Waals surface area contributed by atoms with Crippen molar-refractivity contribution in [1.82, 2.24) is 0 Å². The first-order valence-electron chi connectivity index (χ1n) is 3.76. The van der Waals surface area contributed by atoms with Crippen LogP contribution in [0.25, 0.3) is 0 Å². The van der Waals surface area contributed by atoms with E-state index in [-0.39, 0.29) is 0 Å². The second-order valence-corrected chi connectivity index (χ2v) is 2.74. The van der Waals surface area contributed by atoms with Crippen LogP contribution in [0.5, 0.6) is 0 Å². The molecule has 1 heterocycles. The van der Waals surface area contributed by atoms with Crippen LogP contribution in [0.15, 0.2) is 9.41 Å². The molecule has 0 atom stereocenters. The number of rotatable bonds is 2. The lowest BCUT2D eigenvalue weighted by Gasteiger charge is -1.89. The van der Waals surface area contributed by atoms with Crippen molar-refractivity contribution < 1.29 is 9.21 Å². The van der Waals surface area contributed by atoms with Crippen LogP contribution < -0.4 is 0 Å². The van der Waals surface area contributed by atoms with Crippen LogP contribution in [0.3, 0.4) is 0 Å². The number of aryl methyl sites for hydroxylation is 1. The lowest BCUT2D eigenvalue weighted by Crippen LogP contribution is -1.81. The van der Waals surface area contributed by atoms with Crippen molar-refractivity contribution in [3.8, 4) is 0 Å². The molecule has 3 heteroatoms. The van der Waals surface area contributed by atoms with Gasteiger partial charge in [-0.15, -0.1) is 0 Å². The van der Waals surface area contributed by atoms with E-state index in [0.29, 0.717) is 6.54 Å². The highest BCUT2D eigenvalue weighted by molar-refractivity contribution is 5.35. The highest BCUT2D eigenvalue weighted by Gasteiger charge is 2.08. The maximum atomic E-state index is 9.85. The molecule has 0 radical (unpaired) electrons. The van der Waals surface area contributed by atoms with E-state index in [9.17, 15) is 4.79 Å². The minimum Gasteiger partial charge on any atom is -0.464 e. The first kappa shape index (κ1) is 8.75. The summed E-state index contributed by atoms with van der Waals surface area (Å²) < 4.78 is 5.37. The largest absolute Gasteiger partial charge is 0.464 e. The lowest BCUT2D eigenvalue weighted by molar-refractivity contribution is 0.480. The van der Waals surface area contributed by atoms with E-state index in [2.05, 4.69) is 4.99 Å². The highest BCUT2D eigenvalue weighted by Crippen LogP contribution is 2.20. The van der Waals surface area contributed by atoms with Crippen molar-refractivity contribution >= 4 is 6.08 Å². The molecule has 1 aromatic heterocycles. The van der Waals surface area contributed by atoms with Gasteiger partial charge in [-0.1, -0.05) is 0 Å². The molecule has 64 valence electrons. The monoisotopic (exact) mass is 165 g/mol. The summed E-state index contributed by atoms with van der Waals surface area (Å²) in [6.07, 6.45) is 1.49. The molecule has 0 fully saturated rings. The van der Waals surface area contributed by atoms with Gasteiger partial charge in [0.15, 0.2) is 0 Å². The summed E-state index contributed by atoms with van der Waals surface area (Å²) in [4.78, 5) is 13.3. The van der Waals surface area contributed by atoms with Crippen LogP contribution >= 0.6 is 0 Å². The van der Waals surface area contributed by atoms with Crippen LogP contribution in [0.4, 0.5) is 0 Å². The molecule has 0 aliphatic carbocycles. The summed E-state index contributed by atoms with van der Waals surface area (Å²) in [5.41, 5.74) is 2.21. The molecule has 3 nitrogen and oxygen atoms in total. The van der Waals surface area contributed by atoms with E-state index in [1.54, 1.807) is 0 Å². The number of furan rings is 1. The van der Waals surface area contributed by atoms with Gasteiger partial charge in [-0.3, -0.25) is 0 Å². The standard InChI is InChI=1S/C9H11NO2/c1-6-7(2)9(4-10-5-11)12-8(6)3/h4H2,1-3H3. The predicted molar refractivity (Wildman–Crippen MR) is 44.7 cm³/mol. The molecule has 0 aliphatic heterocycles. The smallest absolute Gasteiger partial charge is 0.235 e. The summed E-state index contributed by atoms with van der Waals surface area (Å²) in [7, 11) is 0. The Bertz CT molecular complexity index is 333. The average molecular weight is 165 g/mol. The van der Waals surface area contributed by atoms with Gasteiger partial charge >= 0.3 is 0 Å². The highest BCUT2D eigenvalue weighted by atomic mass is 16.3. The average Bonchev–Trinajstić information content (AvgIpc) is 2.30. The first-order valence-corrected chi connectivity index (χ1v) is 3.76. The third kappa shape index (κ3) is 1.46. The zero-order chi connectivity index (χ0) is 9.14. The molecule has 0 spiro atoms. The Morgan fingerprint density at radius 2 is 2.00 bits per heavy atom. The second kappa shape index (κ2) is 3.37. The summed E-state index contributed by atoms with van der Waals surface area (Å²) in [5.74, 6) is 1.65. The fourth-order valence-electron chi connectivity index (χ4n) is 1.07. The van der Waals surface area contributed by atoms with Crippen molar-refractivity contribution in [2.24, 2.45) is 4.99 Å². The molecular formula is C9H11NO2. The van der Waals surface area contributed by atoms with Crippen LogP contribution in [0, 0.1) is 20.8 Å². The maximum Gasteiger partial charge on any atom is 0.235 e. The van der Waals surface area contributed by atoms with E-state index in [4.69, 9.17) is 4.42 Å². The molecular weight excluding hydrogens is 154 g/mol. The Morgan fingerprint density at radius 3 is 2.42 bits per heavy atom. The van der Waals surface area contributed by atoms with Crippen LogP contribution in [-0.2, 0) is 11.3 Å². The van der Waals surface area contributed by atoms with E-state index in [1.165, 1.54) is 6.08 Å². The zero-order valence-corrected chi connectivity index (χ0v) is 7.47. The minimum absolute atomic E-state index is 0.296. The lowest BCUT2D eigenvalue weighted by atomic mass is 10.1. The molecule has 0 saturated heterocycles. The molecule has 0 unspecified atom stereocenters. The van der Waals surface area contributed by atoms with Crippen LogP contribution in [-0.4, -0.2) is 6.08 Å². The number of hydrogen-bond acceptors (Lipinski definition) is 3. The van der Waals surface area contributed by atoms with Gasteiger partial charge in [-0.05, 0) is 31.9 Å². The number of isocyanates is 1. The van der Waals surface area contributed by atoms with Gasteiger partial charge in [0.25, 0.3) is 0 Å². The Hall–Kier alpha value is -1.34. The second-order valence-electron chi connectivity index (χ2n) is 2.74. The van der Waals surface area contributed by atoms with Crippen molar-refractivity contribution in [3.63, 3.8) is 0 Å². The first-order chi connectivity index (χ1) is 5.66. The predicted octanol–water partition coefficient (Wildman–Crippen LogP) is 2.04. The summed E-state index contributed by atoms with van der Waals surface area (Å²) >= 11 is 0. The van der Waals surface area contributed by atoms with Gasteiger partial charge in [-0.2, -0.15) is 4.99 Å². The molecule has 0 amide bonds. The topological polar surface area (TPSA) is 42.6 Å². The summed E-state index contributed by atoms with van der Waals surface area (Å²) in [6, 6.07) is 0. The van der Waals surface area contributed by atoms with Gasteiger partial charge in [0, 0.05) is 0 Å². The number of hydrogen-bond donors (Lipinski definition) is 0. The van der Waals surface area contributed by atoms with Gasteiger partial charge in [0.1, 0.15) is 18.1 Å². The third-order valence-electron chi connectivity index (χ3n) is 2.07. The third-order valence-corrected chi connectivity index (χ3v) is 2.07.